The molecule has 1 atom stereocenters. The molecule has 4 rings (SSSR count). The van der Waals surface area contributed by atoms with Crippen LogP contribution in [0, 0.1) is 0 Å². The summed E-state index contributed by atoms with van der Waals surface area (Å²) < 4.78 is 12.6. The van der Waals surface area contributed by atoms with E-state index in [1.807, 2.05) is 53.1 Å². The minimum Gasteiger partial charge on any atom is -0.496 e. The fourth-order valence-electron chi connectivity index (χ4n) is 3.66. The van der Waals surface area contributed by atoms with Crippen LogP contribution >= 0.6 is 11.8 Å². The number of hydrogen-bond acceptors (Lipinski definition) is 5. The molecule has 0 fully saturated rings. The Bertz CT molecular complexity index is 1030. The van der Waals surface area contributed by atoms with E-state index in [1.54, 1.807) is 7.11 Å². The van der Waals surface area contributed by atoms with Crippen molar-refractivity contribution in [3.8, 4) is 5.75 Å². The number of rotatable bonds is 4. The zero-order chi connectivity index (χ0) is 19.0. The van der Waals surface area contributed by atoms with Crippen LogP contribution in [0.15, 0.2) is 48.5 Å². The molecule has 1 unspecified atom stereocenters. The van der Waals surface area contributed by atoms with E-state index in [9.17, 15) is 9.59 Å². The molecule has 0 spiro atoms. The third-order valence-corrected chi connectivity index (χ3v) is 6.01. The maximum Gasteiger partial charge on any atom is 0.323 e. The maximum atomic E-state index is 12.9. The molecule has 0 bridgehead atoms. The largest absolute Gasteiger partial charge is 0.496 e. The molecule has 27 heavy (non-hydrogen) atoms. The van der Waals surface area contributed by atoms with Crippen molar-refractivity contribution in [1.29, 1.82) is 0 Å². The van der Waals surface area contributed by atoms with E-state index in [0.29, 0.717) is 23.6 Å². The van der Waals surface area contributed by atoms with E-state index in [1.165, 1.54) is 18.9 Å². The molecule has 0 saturated carbocycles. The summed E-state index contributed by atoms with van der Waals surface area (Å²) in [6.45, 7) is 0.546. The number of nitrogens with zero attached hydrogens (tertiary/aromatic N) is 1. The van der Waals surface area contributed by atoms with E-state index in [0.717, 1.165) is 16.5 Å². The van der Waals surface area contributed by atoms with Gasteiger partial charge in [0.25, 0.3) is 0 Å². The first-order chi connectivity index (χ1) is 13.2. The molecule has 1 aromatic heterocycles. The Morgan fingerprint density at radius 2 is 1.93 bits per heavy atom. The van der Waals surface area contributed by atoms with Crippen molar-refractivity contribution < 1.29 is 19.1 Å². The number of fused-ring (bicyclic) bond motifs is 3. The summed E-state index contributed by atoms with van der Waals surface area (Å²) in [5, 5.41) is 0.264. The lowest BCUT2D eigenvalue weighted by atomic mass is 10.0. The lowest BCUT2D eigenvalue weighted by molar-refractivity contribution is -0.140. The SMILES string of the molecule is COC(=O)C1SCC(=O)c2c1c1c(OC)cccc1n2Cc1ccccc1. The predicted molar refractivity (Wildman–Crippen MR) is 106 cm³/mol. The van der Waals surface area contributed by atoms with Crippen LogP contribution in [0.5, 0.6) is 5.75 Å². The monoisotopic (exact) mass is 381 g/mol. The number of thioether (sulfide) groups is 1. The number of hydrogen-bond donors (Lipinski definition) is 0. The van der Waals surface area contributed by atoms with Gasteiger partial charge in [-0.05, 0) is 17.7 Å². The third kappa shape index (κ3) is 2.90. The molecule has 0 amide bonds. The summed E-state index contributed by atoms with van der Waals surface area (Å²) in [5.41, 5.74) is 3.24. The number of ketones is 1. The van der Waals surface area contributed by atoms with Crippen LogP contribution in [0.25, 0.3) is 10.9 Å². The lowest BCUT2D eigenvalue weighted by Crippen LogP contribution is -2.24. The van der Waals surface area contributed by atoms with Gasteiger partial charge in [0.05, 0.1) is 31.2 Å². The number of esters is 1. The second-order valence-electron chi connectivity index (χ2n) is 6.33. The molecule has 5 nitrogen and oxygen atoms in total. The topological polar surface area (TPSA) is 57.5 Å². The summed E-state index contributed by atoms with van der Waals surface area (Å²) in [5.74, 6) is 0.572. The second kappa shape index (κ2) is 7.12. The Morgan fingerprint density at radius 1 is 1.15 bits per heavy atom. The van der Waals surface area contributed by atoms with Crippen LogP contribution in [0.2, 0.25) is 0 Å². The van der Waals surface area contributed by atoms with Gasteiger partial charge in [-0.2, -0.15) is 0 Å². The van der Waals surface area contributed by atoms with Gasteiger partial charge in [-0.1, -0.05) is 36.4 Å². The van der Waals surface area contributed by atoms with Crippen LogP contribution in [-0.2, 0) is 16.1 Å². The Labute approximate surface area is 161 Å². The van der Waals surface area contributed by atoms with Crippen LogP contribution in [-0.4, -0.2) is 36.3 Å². The molecule has 1 aliphatic rings. The maximum absolute atomic E-state index is 12.9. The van der Waals surface area contributed by atoms with E-state index >= 15 is 0 Å². The number of methoxy groups -OCH3 is 2. The van der Waals surface area contributed by atoms with Gasteiger partial charge < -0.3 is 14.0 Å². The zero-order valence-electron chi connectivity index (χ0n) is 15.1. The minimum absolute atomic E-state index is 0.0179. The minimum atomic E-state index is -0.543. The molecule has 138 valence electrons. The number of Topliss-reactive ketones (excluding diaryl/α,β-unsaturated/α-hetero) is 1. The lowest BCUT2D eigenvalue weighted by Gasteiger charge is -2.21. The molecule has 3 aromatic rings. The van der Waals surface area contributed by atoms with Gasteiger partial charge in [-0.3, -0.25) is 9.59 Å². The number of carbonyl (C=O) groups is 2. The smallest absolute Gasteiger partial charge is 0.323 e. The third-order valence-electron chi connectivity index (χ3n) is 4.82. The molecule has 0 radical (unpaired) electrons. The molecule has 0 aliphatic carbocycles. The van der Waals surface area contributed by atoms with Crippen molar-refractivity contribution in [1.82, 2.24) is 4.57 Å². The number of ether oxygens (including phenoxy) is 2. The van der Waals surface area contributed by atoms with Crippen molar-refractivity contribution >= 4 is 34.4 Å². The summed E-state index contributed by atoms with van der Waals surface area (Å²) in [7, 11) is 2.97. The Balaban J connectivity index is 2.02. The summed E-state index contributed by atoms with van der Waals surface area (Å²) in [6.07, 6.45) is 0. The Kier molecular flexibility index (Phi) is 4.66. The average molecular weight is 381 g/mol. The first-order valence-corrected chi connectivity index (χ1v) is 9.66. The van der Waals surface area contributed by atoms with Gasteiger partial charge in [0.2, 0.25) is 0 Å². The van der Waals surface area contributed by atoms with Gasteiger partial charge >= 0.3 is 5.97 Å². The fourth-order valence-corrected chi connectivity index (χ4v) is 4.74. The van der Waals surface area contributed by atoms with Gasteiger partial charge in [0.15, 0.2) is 5.78 Å². The highest BCUT2D eigenvalue weighted by atomic mass is 32.2. The molecular formula is C21H19NO4S. The second-order valence-corrected chi connectivity index (χ2v) is 7.42. The van der Waals surface area contributed by atoms with Crippen molar-refractivity contribution in [3.05, 3.63) is 65.4 Å². The molecular weight excluding hydrogens is 362 g/mol. The van der Waals surface area contributed by atoms with Crippen molar-refractivity contribution in [2.24, 2.45) is 0 Å². The first kappa shape index (κ1) is 17.7. The van der Waals surface area contributed by atoms with Crippen LogP contribution < -0.4 is 4.74 Å². The Hall–Kier alpha value is -2.73. The highest BCUT2D eigenvalue weighted by molar-refractivity contribution is 8.01. The molecule has 1 aliphatic heterocycles. The average Bonchev–Trinajstić information content (AvgIpc) is 3.04. The normalized spacial score (nSPS) is 16.2. The standard InChI is InChI=1S/C21H19NO4S/c1-25-16-10-6-9-14-17(16)18-19(15(23)12-27-20(18)21(24)26-2)22(14)11-13-7-4-3-5-8-13/h3-10,20H,11-12H2,1-2H3. The molecule has 2 aromatic carbocycles. The van der Waals surface area contributed by atoms with E-state index in [2.05, 4.69) is 0 Å². The Morgan fingerprint density at radius 3 is 2.63 bits per heavy atom. The number of aromatic nitrogens is 1. The van der Waals surface area contributed by atoms with E-state index in [-0.39, 0.29) is 17.5 Å². The molecule has 0 saturated heterocycles. The van der Waals surface area contributed by atoms with Gasteiger partial charge in [-0.25, -0.2) is 0 Å². The zero-order valence-corrected chi connectivity index (χ0v) is 15.9. The molecule has 6 heteroatoms. The molecule has 2 heterocycles. The van der Waals surface area contributed by atoms with E-state index in [4.69, 9.17) is 9.47 Å². The summed E-state index contributed by atoms with van der Waals surface area (Å²) >= 11 is 1.31. The van der Waals surface area contributed by atoms with Gasteiger partial charge in [-0.15, -0.1) is 11.8 Å². The van der Waals surface area contributed by atoms with Gasteiger partial charge in [0, 0.05) is 17.5 Å². The first-order valence-electron chi connectivity index (χ1n) is 8.61. The summed E-state index contributed by atoms with van der Waals surface area (Å²) in [6, 6.07) is 15.7. The van der Waals surface area contributed by atoms with Crippen LogP contribution in [0.3, 0.4) is 0 Å². The van der Waals surface area contributed by atoms with Crippen molar-refractivity contribution in [2.45, 2.75) is 11.8 Å². The summed E-state index contributed by atoms with van der Waals surface area (Å²) in [4.78, 5) is 25.3. The number of benzene rings is 2. The highest BCUT2D eigenvalue weighted by Gasteiger charge is 2.38. The van der Waals surface area contributed by atoms with E-state index < -0.39 is 5.25 Å². The van der Waals surface area contributed by atoms with Crippen LogP contribution in [0.1, 0.15) is 26.9 Å². The molecule has 0 N–H and O–H groups in total. The number of carbonyl (C=O) groups excluding carboxylic acids is 2. The van der Waals surface area contributed by atoms with Crippen molar-refractivity contribution in [2.75, 3.05) is 20.0 Å². The van der Waals surface area contributed by atoms with Crippen LogP contribution in [0.4, 0.5) is 0 Å². The van der Waals surface area contributed by atoms with Crippen molar-refractivity contribution in [3.63, 3.8) is 0 Å². The highest BCUT2D eigenvalue weighted by Crippen LogP contribution is 2.46. The fraction of sp³-hybridized carbons (Fsp3) is 0.238. The quantitative estimate of drug-likeness (QED) is 0.643. The van der Waals surface area contributed by atoms with Gasteiger partial charge in [0.1, 0.15) is 11.0 Å². The predicted octanol–water partition coefficient (Wildman–Crippen LogP) is 3.84.